The van der Waals surface area contributed by atoms with Crippen LogP contribution in [0.25, 0.3) is 0 Å². The minimum atomic E-state index is -0.471. The van der Waals surface area contributed by atoms with Crippen LogP contribution < -0.4 is 10.6 Å². The Kier molecular flexibility index (Phi) is 5.69. The second-order valence-electron chi connectivity index (χ2n) is 7.08. The van der Waals surface area contributed by atoms with E-state index >= 15 is 0 Å². The van der Waals surface area contributed by atoms with Gasteiger partial charge in [-0.05, 0) is 43.4 Å². The number of anilines is 2. The van der Waals surface area contributed by atoms with Gasteiger partial charge in [0.15, 0.2) is 0 Å². The number of para-hydroxylation sites is 1. The van der Waals surface area contributed by atoms with Gasteiger partial charge >= 0.3 is 0 Å². The summed E-state index contributed by atoms with van der Waals surface area (Å²) >= 11 is 2.94. The fourth-order valence-corrected chi connectivity index (χ4v) is 6.07. The van der Waals surface area contributed by atoms with Crippen LogP contribution in [0.5, 0.6) is 0 Å². The molecule has 1 aromatic carbocycles. The molecule has 2 aromatic rings. The first kappa shape index (κ1) is 19.0. The first-order valence-electron chi connectivity index (χ1n) is 9.56. The number of hydrogen-bond donors (Lipinski definition) is 2. The highest BCUT2D eigenvalue weighted by atomic mass is 32.2. The Morgan fingerprint density at radius 2 is 2.00 bits per heavy atom. The van der Waals surface area contributed by atoms with Gasteiger partial charge in [-0.1, -0.05) is 25.0 Å². The summed E-state index contributed by atoms with van der Waals surface area (Å²) in [6.07, 6.45) is 6.59. The number of thioether (sulfide) groups is 1. The second kappa shape index (κ2) is 8.38. The molecule has 0 saturated heterocycles. The van der Waals surface area contributed by atoms with Gasteiger partial charge in [0.2, 0.25) is 11.8 Å². The molecular formula is C21H21N3O2S2. The summed E-state index contributed by atoms with van der Waals surface area (Å²) in [5, 5.41) is 15.6. The average molecular weight is 412 g/mol. The zero-order valence-corrected chi connectivity index (χ0v) is 17.0. The molecule has 0 radical (unpaired) electrons. The minimum absolute atomic E-state index is 0.0816. The van der Waals surface area contributed by atoms with Crippen molar-refractivity contribution in [2.45, 2.75) is 55.1 Å². The number of nitrogens with one attached hydrogen (secondary N) is 2. The van der Waals surface area contributed by atoms with Crippen LogP contribution in [0.1, 0.15) is 48.1 Å². The van der Waals surface area contributed by atoms with Gasteiger partial charge < -0.3 is 10.6 Å². The van der Waals surface area contributed by atoms with Crippen molar-refractivity contribution in [3.05, 3.63) is 40.3 Å². The molecule has 0 fully saturated rings. The number of thiophene rings is 1. The lowest BCUT2D eigenvalue weighted by molar-refractivity contribution is -0.120. The minimum Gasteiger partial charge on any atom is -0.324 e. The number of rotatable bonds is 3. The van der Waals surface area contributed by atoms with Crippen molar-refractivity contribution < 1.29 is 9.59 Å². The van der Waals surface area contributed by atoms with Gasteiger partial charge in [-0.15, -0.1) is 23.1 Å². The van der Waals surface area contributed by atoms with E-state index in [1.807, 2.05) is 24.3 Å². The van der Waals surface area contributed by atoms with E-state index in [1.165, 1.54) is 40.8 Å². The number of carbonyl (C=O) groups is 2. The van der Waals surface area contributed by atoms with Crippen LogP contribution in [0.2, 0.25) is 0 Å². The molecule has 1 atom stereocenters. The maximum absolute atomic E-state index is 12.6. The average Bonchev–Trinajstić information content (AvgIpc) is 2.97. The molecule has 2 N–H and O–H groups in total. The zero-order valence-electron chi connectivity index (χ0n) is 15.4. The zero-order chi connectivity index (χ0) is 19.5. The Hall–Kier alpha value is -2.30. The van der Waals surface area contributed by atoms with Crippen LogP contribution in [0.15, 0.2) is 29.2 Å². The normalized spacial score (nSPS) is 18.7. The lowest BCUT2D eigenvalue weighted by Crippen LogP contribution is -2.32. The Labute approximate surface area is 172 Å². The molecule has 28 heavy (non-hydrogen) atoms. The molecule has 4 rings (SSSR count). The molecule has 7 heteroatoms. The van der Waals surface area contributed by atoms with E-state index in [1.54, 1.807) is 0 Å². The van der Waals surface area contributed by atoms with E-state index < -0.39 is 5.25 Å². The second-order valence-corrected chi connectivity index (χ2v) is 9.43. The van der Waals surface area contributed by atoms with Crippen molar-refractivity contribution in [1.29, 1.82) is 5.26 Å². The summed E-state index contributed by atoms with van der Waals surface area (Å²) in [7, 11) is 0. The quantitative estimate of drug-likeness (QED) is 0.766. The highest BCUT2D eigenvalue weighted by Crippen LogP contribution is 2.38. The Bertz CT molecular complexity index is 961. The summed E-state index contributed by atoms with van der Waals surface area (Å²) in [5.74, 6) is -0.379. The predicted octanol–water partition coefficient (Wildman–Crippen LogP) is 4.72. The third kappa shape index (κ3) is 3.94. The molecule has 1 aliphatic carbocycles. The van der Waals surface area contributed by atoms with E-state index in [9.17, 15) is 14.9 Å². The lowest BCUT2D eigenvalue weighted by Gasteiger charge is -2.23. The highest BCUT2D eigenvalue weighted by Gasteiger charge is 2.29. The van der Waals surface area contributed by atoms with Gasteiger partial charge in [0.05, 0.1) is 16.5 Å². The summed E-state index contributed by atoms with van der Waals surface area (Å²) in [6.45, 7) is 0. The molecule has 0 bridgehead atoms. The predicted molar refractivity (Wildman–Crippen MR) is 113 cm³/mol. The van der Waals surface area contributed by atoms with Gasteiger partial charge in [-0.25, -0.2) is 0 Å². The molecule has 1 aliphatic heterocycles. The smallest absolute Gasteiger partial charge is 0.238 e. The van der Waals surface area contributed by atoms with Gasteiger partial charge in [0.25, 0.3) is 0 Å². The third-order valence-corrected chi connectivity index (χ3v) is 7.60. The van der Waals surface area contributed by atoms with Crippen molar-refractivity contribution in [3.8, 4) is 6.07 Å². The van der Waals surface area contributed by atoms with E-state index in [0.717, 1.165) is 41.8 Å². The first-order chi connectivity index (χ1) is 13.7. The van der Waals surface area contributed by atoms with E-state index in [0.29, 0.717) is 10.6 Å². The van der Waals surface area contributed by atoms with Crippen LogP contribution in [0, 0.1) is 11.3 Å². The topological polar surface area (TPSA) is 82.0 Å². The summed E-state index contributed by atoms with van der Waals surface area (Å²) in [5.41, 5.74) is 2.52. The number of hydrogen-bond acceptors (Lipinski definition) is 5. The van der Waals surface area contributed by atoms with Crippen LogP contribution in [0.4, 0.5) is 10.7 Å². The largest absolute Gasteiger partial charge is 0.324 e. The summed E-state index contributed by atoms with van der Waals surface area (Å²) < 4.78 is 0. The molecule has 5 nitrogen and oxygen atoms in total. The fraction of sp³-hybridized carbons (Fsp3) is 0.381. The Morgan fingerprint density at radius 3 is 2.82 bits per heavy atom. The lowest BCUT2D eigenvalue weighted by atomic mass is 9.97. The molecular weight excluding hydrogens is 390 g/mol. The number of amides is 2. The van der Waals surface area contributed by atoms with Gasteiger partial charge in [-0.2, -0.15) is 5.26 Å². The van der Waals surface area contributed by atoms with Crippen LogP contribution in [-0.2, 0) is 22.4 Å². The molecule has 2 aliphatic rings. The van der Waals surface area contributed by atoms with Gasteiger partial charge in [-0.3, -0.25) is 9.59 Å². The van der Waals surface area contributed by atoms with Crippen LogP contribution >= 0.6 is 23.1 Å². The standard InChI is InChI=1S/C21H21N3O2S2/c22-12-14-13-7-3-1-2-4-9-16(13)28-21(14)24-19(25)11-18-20(26)23-15-8-5-6-10-17(15)27-18/h5-6,8,10,18H,1-4,7,9,11H2,(H,23,26)(H,24,25). The number of fused-ring (bicyclic) bond motifs is 2. The molecule has 1 unspecified atom stereocenters. The monoisotopic (exact) mass is 411 g/mol. The summed E-state index contributed by atoms with van der Waals surface area (Å²) in [6, 6.07) is 9.89. The number of aryl methyl sites for hydroxylation is 1. The summed E-state index contributed by atoms with van der Waals surface area (Å²) in [4.78, 5) is 27.2. The van der Waals surface area contributed by atoms with Crippen LogP contribution in [0.3, 0.4) is 0 Å². The van der Waals surface area contributed by atoms with Gasteiger partial charge in [0, 0.05) is 16.2 Å². The van der Waals surface area contributed by atoms with E-state index in [2.05, 4.69) is 16.7 Å². The van der Waals surface area contributed by atoms with Crippen molar-refractivity contribution in [1.82, 2.24) is 0 Å². The Morgan fingerprint density at radius 1 is 1.21 bits per heavy atom. The van der Waals surface area contributed by atoms with E-state index in [4.69, 9.17) is 0 Å². The van der Waals surface area contributed by atoms with Gasteiger partial charge in [0.1, 0.15) is 11.1 Å². The SMILES string of the molecule is N#Cc1c(NC(=O)CC2Sc3ccccc3NC2=O)sc2c1CCCCCC2. The Balaban J connectivity index is 1.48. The molecule has 144 valence electrons. The molecule has 1 aromatic heterocycles. The maximum atomic E-state index is 12.6. The highest BCUT2D eigenvalue weighted by molar-refractivity contribution is 8.01. The van der Waals surface area contributed by atoms with Crippen molar-refractivity contribution >= 4 is 45.6 Å². The number of benzene rings is 1. The number of nitrogens with zero attached hydrogens (tertiary/aromatic N) is 1. The molecule has 0 spiro atoms. The number of nitriles is 1. The van der Waals surface area contributed by atoms with E-state index in [-0.39, 0.29) is 18.2 Å². The number of carbonyl (C=O) groups excluding carboxylic acids is 2. The first-order valence-corrected chi connectivity index (χ1v) is 11.3. The fourth-order valence-electron chi connectivity index (χ4n) is 3.70. The van der Waals surface area contributed by atoms with Crippen molar-refractivity contribution in [2.75, 3.05) is 10.6 Å². The van der Waals surface area contributed by atoms with Crippen LogP contribution in [-0.4, -0.2) is 17.1 Å². The maximum Gasteiger partial charge on any atom is 0.238 e. The molecule has 2 amide bonds. The molecule has 0 saturated carbocycles. The van der Waals surface area contributed by atoms with Crippen molar-refractivity contribution in [2.24, 2.45) is 0 Å². The van der Waals surface area contributed by atoms with Crippen molar-refractivity contribution in [3.63, 3.8) is 0 Å². The third-order valence-electron chi connectivity index (χ3n) is 5.11. The molecule has 2 heterocycles.